The summed E-state index contributed by atoms with van der Waals surface area (Å²) in [6.45, 7) is 1.05. The molecule has 0 bridgehead atoms. The van der Waals surface area contributed by atoms with Gasteiger partial charge in [-0.15, -0.1) is 11.3 Å². The van der Waals surface area contributed by atoms with Gasteiger partial charge in [-0.2, -0.15) is 4.90 Å². The van der Waals surface area contributed by atoms with Crippen LogP contribution in [0.5, 0.6) is 0 Å². The molecule has 1 atom stereocenters. The maximum atomic E-state index is 11.5. The number of guanidine groups is 1. The van der Waals surface area contributed by atoms with Gasteiger partial charge in [0.2, 0.25) is 5.96 Å². The van der Waals surface area contributed by atoms with Gasteiger partial charge in [-0.25, -0.2) is 4.98 Å². The van der Waals surface area contributed by atoms with Crippen LogP contribution < -0.4 is 0 Å². The van der Waals surface area contributed by atoms with Gasteiger partial charge in [0, 0.05) is 19.0 Å². The number of thiazole rings is 1. The number of nitrogens with one attached hydrogen (secondary N) is 1. The van der Waals surface area contributed by atoms with Crippen molar-refractivity contribution in [1.29, 1.82) is 5.41 Å². The van der Waals surface area contributed by atoms with Crippen LogP contribution in [0.4, 0.5) is 0 Å². The lowest BCUT2D eigenvalue weighted by Crippen LogP contribution is -2.64. The van der Waals surface area contributed by atoms with Crippen molar-refractivity contribution in [3.8, 4) is 0 Å². The van der Waals surface area contributed by atoms with Crippen LogP contribution in [0.3, 0.4) is 0 Å². The van der Waals surface area contributed by atoms with Crippen molar-refractivity contribution >= 4 is 28.9 Å². The maximum absolute atomic E-state index is 11.5. The average molecular weight is 381 g/mol. The molecule has 1 aliphatic heterocycles. The Balaban J connectivity index is 1.82. The standard InChI is InChI=1S/C15H17ClN6O2S/c1-19-14(17)20(7-11-5-3-2-4-6-11)10-21(15(19)22(23)24)8-12-9-25-13(16)18-12/h2-6,9,15,17H,7-8,10H2,1H3. The highest BCUT2D eigenvalue weighted by atomic mass is 35.5. The van der Waals surface area contributed by atoms with Gasteiger partial charge < -0.3 is 4.90 Å². The van der Waals surface area contributed by atoms with E-state index in [0.717, 1.165) is 5.56 Å². The van der Waals surface area contributed by atoms with Gasteiger partial charge in [0.15, 0.2) is 4.47 Å². The zero-order valence-corrected chi connectivity index (χ0v) is 15.1. The van der Waals surface area contributed by atoms with E-state index in [4.69, 9.17) is 17.0 Å². The maximum Gasteiger partial charge on any atom is 0.352 e. The lowest BCUT2D eigenvalue weighted by atomic mass is 10.2. The van der Waals surface area contributed by atoms with Crippen LogP contribution in [-0.4, -0.2) is 50.6 Å². The number of nitrogens with zero attached hydrogens (tertiary/aromatic N) is 5. The molecule has 10 heteroatoms. The molecule has 0 aliphatic carbocycles. The molecule has 1 aromatic heterocycles. The minimum atomic E-state index is -1.11. The molecule has 0 spiro atoms. The first-order chi connectivity index (χ1) is 12.0. The molecule has 0 saturated carbocycles. The molecule has 1 fully saturated rings. The van der Waals surface area contributed by atoms with Crippen molar-refractivity contribution in [2.24, 2.45) is 0 Å². The molecule has 0 amide bonds. The quantitative estimate of drug-likeness (QED) is 0.633. The fraction of sp³-hybridized carbons (Fsp3) is 0.333. The second-order valence-corrected chi connectivity index (χ2v) is 7.17. The average Bonchev–Trinajstić information content (AvgIpc) is 2.98. The lowest BCUT2D eigenvalue weighted by molar-refractivity contribution is -0.578. The number of nitro groups is 1. The SMILES string of the molecule is CN1C(=N)N(Cc2ccccc2)CN(Cc2csc(Cl)n2)C1[N+](=O)[O-]. The van der Waals surface area contributed by atoms with Crippen LogP contribution in [0.15, 0.2) is 35.7 Å². The topological polar surface area (TPSA) is 89.6 Å². The van der Waals surface area contributed by atoms with Gasteiger partial charge in [-0.05, 0) is 5.56 Å². The van der Waals surface area contributed by atoms with Gasteiger partial charge in [0.1, 0.15) is 0 Å². The van der Waals surface area contributed by atoms with Crippen molar-refractivity contribution in [3.63, 3.8) is 0 Å². The van der Waals surface area contributed by atoms with Crippen LogP contribution >= 0.6 is 22.9 Å². The molecule has 0 radical (unpaired) electrons. The van der Waals surface area contributed by atoms with Gasteiger partial charge in [0.05, 0.1) is 23.8 Å². The Kier molecular flexibility index (Phi) is 5.16. The Bertz CT molecular complexity index is 770. The first-order valence-electron chi connectivity index (χ1n) is 7.53. The Hall–Kier alpha value is -2.23. The van der Waals surface area contributed by atoms with Crippen molar-refractivity contribution in [2.45, 2.75) is 19.4 Å². The molecule has 3 rings (SSSR count). The predicted octanol–water partition coefficient (Wildman–Crippen LogP) is 2.50. The highest BCUT2D eigenvalue weighted by Gasteiger charge is 2.42. The third kappa shape index (κ3) is 3.89. The van der Waals surface area contributed by atoms with Gasteiger partial charge in [0.25, 0.3) is 0 Å². The van der Waals surface area contributed by atoms with E-state index in [-0.39, 0.29) is 24.1 Å². The first kappa shape index (κ1) is 17.6. The summed E-state index contributed by atoms with van der Waals surface area (Å²) < 4.78 is 0.409. The zero-order chi connectivity index (χ0) is 18.0. The highest BCUT2D eigenvalue weighted by molar-refractivity contribution is 7.13. The van der Waals surface area contributed by atoms with Crippen LogP contribution in [0.1, 0.15) is 11.3 Å². The molecule has 2 heterocycles. The fourth-order valence-electron chi connectivity index (χ4n) is 2.83. The first-order valence-corrected chi connectivity index (χ1v) is 8.79. The van der Waals surface area contributed by atoms with Crippen LogP contribution in [-0.2, 0) is 13.1 Å². The molecular weight excluding hydrogens is 364 g/mol. The zero-order valence-electron chi connectivity index (χ0n) is 13.5. The minimum Gasteiger partial charge on any atom is -0.325 e. The third-order valence-electron chi connectivity index (χ3n) is 3.95. The van der Waals surface area contributed by atoms with Gasteiger partial charge in [-0.1, -0.05) is 41.9 Å². The summed E-state index contributed by atoms with van der Waals surface area (Å²) in [6.07, 6.45) is -1.11. The van der Waals surface area contributed by atoms with Crippen molar-refractivity contribution in [1.82, 2.24) is 19.7 Å². The van der Waals surface area contributed by atoms with Crippen molar-refractivity contribution in [3.05, 3.63) is 61.6 Å². The molecular formula is C15H17ClN6O2S. The lowest BCUT2D eigenvalue weighted by Gasteiger charge is -2.43. The number of halogens is 1. The molecule has 1 saturated heterocycles. The molecule has 1 N–H and O–H groups in total. The fourth-order valence-corrected chi connectivity index (χ4v) is 3.61. The molecule has 1 unspecified atom stereocenters. The highest BCUT2D eigenvalue weighted by Crippen LogP contribution is 2.22. The number of benzene rings is 1. The van der Waals surface area contributed by atoms with E-state index in [1.807, 2.05) is 30.3 Å². The van der Waals surface area contributed by atoms with Gasteiger partial charge >= 0.3 is 6.29 Å². The molecule has 132 valence electrons. The Morgan fingerprint density at radius 1 is 1.40 bits per heavy atom. The van der Waals surface area contributed by atoms with Crippen molar-refractivity contribution in [2.75, 3.05) is 13.7 Å². The van der Waals surface area contributed by atoms with E-state index in [1.165, 1.54) is 16.2 Å². The summed E-state index contributed by atoms with van der Waals surface area (Å²) in [5.74, 6) is 0.123. The smallest absolute Gasteiger partial charge is 0.325 e. The summed E-state index contributed by atoms with van der Waals surface area (Å²) in [6, 6.07) is 9.73. The number of aromatic nitrogens is 1. The molecule has 2 aromatic rings. The van der Waals surface area contributed by atoms with E-state index >= 15 is 0 Å². The summed E-state index contributed by atoms with van der Waals surface area (Å²) in [5, 5.41) is 21.6. The second-order valence-electron chi connectivity index (χ2n) is 5.73. The summed E-state index contributed by atoms with van der Waals surface area (Å²) in [5.41, 5.74) is 1.72. The van der Waals surface area contributed by atoms with Gasteiger partial charge in [-0.3, -0.25) is 20.4 Å². The minimum absolute atomic E-state index is 0.123. The molecule has 8 nitrogen and oxygen atoms in total. The summed E-state index contributed by atoms with van der Waals surface area (Å²) in [4.78, 5) is 20.2. The predicted molar refractivity (Wildman–Crippen MR) is 95.8 cm³/mol. The van der Waals surface area contributed by atoms with E-state index < -0.39 is 6.29 Å². The Morgan fingerprint density at radius 3 is 2.72 bits per heavy atom. The number of rotatable bonds is 5. The normalized spacial score (nSPS) is 18.6. The van der Waals surface area contributed by atoms with Crippen LogP contribution in [0.25, 0.3) is 0 Å². The van der Waals surface area contributed by atoms with Crippen LogP contribution in [0, 0.1) is 15.5 Å². The van der Waals surface area contributed by atoms with E-state index in [1.54, 1.807) is 22.2 Å². The number of hydrogen-bond acceptors (Lipinski definition) is 6. The molecule has 25 heavy (non-hydrogen) atoms. The second kappa shape index (κ2) is 7.34. The third-order valence-corrected chi connectivity index (χ3v) is 4.98. The van der Waals surface area contributed by atoms with Crippen molar-refractivity contribution < 1.29 is 4.92 Å². The Morgan fingerprint density at radius 2 is 2.12 bits per heavy atom. The van der Waals surface area contributed by atoms with E-state index in [0.29, 0.717) is 16.7 Å². The number of hydrogen-bond donors (Lipinski definition) is 1. The summed E-state index contributed by atoms with van der Waals surface area (Å²) >= 11 is 7.16. The monoisotopic (exact) mass is 380 g/mol. The summed E-state index contributed by atoms with van der Waals surface area (Å²) in [7, 11) is 1.56. The Labute approximate surface area is 153 Å². The van der Waals surface area contributed by atoms with E-state index in [9.17, 15) is 10.1 Å². The largest absolute Gasteiger partial charge is 0.352 e. The van der Waals surface area contributed by atoms with E-state index in [2.05, 4.69) is 4.98 Å². The molecule has 1 aromatic carbocycles. The molecule has 1 aliphatic rings. The van der Waals surface area contributed by atoms with Crippen LogP contribution in [0.2, 0.25) is 4.47 Å².